The molecule has 10 heteroatoms. The van der Waals surface area contributed by atoms with Crippen LogP contribution in [0.1, 0.15) is 0 Å². The lowest BCUT2D eigenvalue weighted by Gasteiger charge is -2.08. The number of nitrogens with one attached hydrogen (secondary N) is 1. The third-order valence-corrected chi connectivity index (χ3v) is 2.97. The zero-order chi connectivity index (χ0) is 19.1. The molecule has 0 saturated heterocycles. The Morgan fingerprint density at radius 1 is 1.04 bits per heavy atom. The zero-order valence-corrected chi connectivity index (χ0v) is 13.1. The molecule has 0 aromatic heterocycles. The largest absolute Gasteiger partial charge is 0.482 e. The second-order valence-corrected chi connectivity index (χ2v) is 4.88. The van der Waals surface area contributed by atoms with Gasteiger partial charge in [-0.15, -0.1) is 0 Å². The third-order valence-electron chi connectivity index (χ3n) is 2.97. The Balaban J connectivity index is 1.74. The van der Waals surface area contributed by atoms with Crippen LogP contribution in [0, 0.1) is 21.7 Å². The Labute approximate surface area is 145 Å². The fourth-order valence-electron chi connectivity index (χ4n) is 1.77. The maximum absolute atomic E-state index is 13.0. The van der Waals surface area contributed by atoms with Crippen LogP contribution in [0.4, 0.5) is 20.2 Å². The number of anilines is 1. The number of amides is 1. The molecule has 2 aromatic rings. The van der Waals surface area contributed by atoms with Gasteiger partial charge in [-0.25, -0.2) is 13.6 Å². The highest BCUT2D eigenvalue weighted by Crippen LogP contribution is 2.17. The molecule has 0 aliphatic heterocycles. The van der Waals surface area contributed by atoms with E-state index < -0.39 is 41.6 Å². The molecule has 2 aromatic carbocycles. The minimum atomic E-state index is -1.13. The first-order valence-corrected chi connectivity index (χ1v) is 7.13. The summed E-state index contributed by atoms with van der Waals surface area (Å²) >= 11 is 0. The van der Waals surface area contributed by atoms with Crippen molar-refractivity contribution in [3.05, 3.63) is 64.2 Å². The number of hydrogen-bond acceptors (Lipinski definition) is 6. The van der Waals surface area contributed by atoms with E-state index in [0.717, 1.165) is 18.2 Å². The average Bonchev–Trinajstić information content (AvgIpc) is 2.61. The Bertz CT molecular complexity index is 826. The molecule has 0 atom stereocenters. The smallest absolute Gasteiger partial charge is 0.344 e. The van der Waals surface area contributed by atoms with Gasteiger partial charge >= 0.3 is 5.97 Å². The van der Waals surface area contributed by atoms with Gasteiger partial charge in [-0.1, -0.05) is 0 Å². The second-order valence-electron chi connectivity index (χ2n) is 4.88. The number of hydrogen-bond donors (Lipinski definition) is 1. The minimum absolute atomic E-state index is 0.00655. The van der Waals surface area contributed by atoms with Crippen molar-refractivity contribution in [3.63, 3.8) is 0 Å². The number of carbonyl (C=O) groups excluding carboxylic acids is 2. The number of benzene rings is 2. The highest BCUT2D eigenvalue weighted by atomic mass is 19.2. The summed E-state index contributed by atoms with van der Waals surface area (Å²) in [6, 6.07) is 7.80. The van der Waals surface area contributed by atoms with Crippen molar-refractivity contribution in [1.82, 2.24) is 0 Å². The van der Waals surface area contributed by atoms with Gasteiger partial charge in [-0.3, -0.25) is 14.9 Å². The summed E-state index contributed by atoms with van der Waals surface area (Å²) in [5, 5.41) is 12.7. The summed E-state index contributed by atoms with van der Waals surface area (Å²) in [5.41, 5.74) is -0.124. The number of carbonyl (C=O) groups is 2. The van der Waals surface area contributed by atoms with Crippen molar-refractivity contribution >= 4 is 23.3 Å². The van der Waals surface area contributed by atoms with Crippen LogP contribution in [-0.2, 0) is 14.3 Å². The number of nitro benzene ring substituents is 1. The molecular formula is C16H12F2N2O6. The highest BCUT2D eigenvalue weighted by molar-refractivity contribution is 5.92. The lowest BCUT2D eigenvalue weighted by atomic mass is 10.3. The Kier molecular flexibility index (Phi) is 6.15. The van der Waals surface area contributed by atoms with Crippen molar-refractivity contribution in [1.29, 1.82) is 0 Å². The molecule has 0 aliphatic rings. The van der Waals surface area contributed by atoms with Crippen LogP contribution in [0.3, 0.4) is 0 Å². The lowest BCUT2D eigenvalue weighted by Crippen LogP contribution is -2.23. The van der Waals surface area contributed by atoms with Crippen LogP contribution in [0.25, 0.3) is 0 Å². The molecule has 26 heavy (non-hydrogen) atoms. The number of ether oxygens (including phenoxy) is 2. The predicted octanol–water partition coefficient (Wildman–Crippen LogP) is 2.43. The van der Waals surface area contributed by atoms with Crippen molar-refractivity contribution in [2.45, 2.75) is 0 Å². The van der Waals surface area contributed by atoms with E-state index in [9.17, 15) is 28.5 Å². The molecule has 1 amide bonds. The van der Waals surface area contributed by atoms with E-state index in [1.54, 1.807) is 0 Å². The summed E-state index contributed by atoms with van der Waals surface area (Å²) in [6.07, 6.45) is 0. The first-order valence-electron chi connectivity index (χ1n) is 7.13. The summed E-state index contributed by atoms with van der Waals surface area (Å²) in [7, 11) is 0. The van der Waals surface area contributed by atoms with Gasteiger partial charge in [0.1, 0.15) is 5.75 Å². The first-order chi connectivity index (χ1) is 12.3. The van der Waals surface area contributed by atoms with Gasteiger partial charge in [0, 0.05) is 23.9 Å². The maximum Gasteiger partial charge on any atom is 0.344 e. The molecular weight excluding hydrogens is 354 g/mol. The maximum atomic E-state index is 13.0. The molecule has 0 bridgehead atoms. The van der Waals surface area contributed by atoms with Crippen molar-refractivity contribution in [2.75, 3.05) is 18.5 Å². The van der Waals surface area contributed by atoms with Crippen molar-refractivity contribution < 1.29 is 32.8 Å². The van der Waals surface area contributed by atoms with Crippen LogP contribution in [-0.4, -0.2) is 30.0 Å². The molecule has 0 spiro atoms. The Hall–Kier alpha value is -3.56. The topological polar surface area (TPSA) is 108 Å². The molecule has 0 heterocycles. The van der Waals surface area contributed by atoms with E-state index in [0.29, 0.717) is 0 Å². The molecule has 1 N–H and O–H groups in total. The van der Waals surface area contributed by atoms with Gasteiger partial charge in [0.2, 0.25) is 0 Å². The third kappa shape index (κ3) is 5.51. The van der Waals surface area contributed by atoms with E-state index in [4.69, 9.17) is 4.74 Å². The van der Waals surface area contributed by atoms with Gasteiger partial charge in [-0.2, -0.15) is 0 Å². The summed E-state index contributed by atoms with van der Waals surface area (Å²) < 4.78 is 35.5. The van der Waals surface area contributed by atoms with Crippen LogP contribution < -0.4 is 10.1 Å². The SMILES string of the molecule is O=C(COC(=O)COc1ccc([N+](=O)[O-])cc1)Nc1ccc(F)c(F)c1. The van der Waals surface area contributed by atoms with Gasteiger partial charge < -0.3 is 14.8 Å². The van der Waals surface area contributed by atoms with Crippen molar-refractivity contribution in [3.8, 4) is 5.75 Å². The Morgan fingerprint density at radius 3 is 2.35 bits per heavy atom. The monoisotopic (exact) mass is 366 g/mol. The van der Waals surface area contributed by atoms with Crippen LogP contribution >= 0.6 is 0 Å². The first kappa shape index (κ1) is 18.8. The number of non-ortho nitro benzene ring substituents is 1. The number of esters is 1. The lowest BCUT2D eigenvalue weighted by molar-refractivity contribution is -0.384. The second kappa shape index (κ2) is 8.51. The normalized spacial score (nSPS) is 10.1. The van der Waals surface area contributed by atoms with Gasteiger partial charge in [0.25, 0.3) is 11.6 Å². The van der Waals surface area contributed by atoms with E-state index in [2.05, 4.69) is 10.1 Å². The number of halogens is 2. The fraction of sp³-hybridized carbons (Fsp3) is 0.125. The molecule has 8 nitrogen and oxygen atoms in total. The van der Waals surface area contributed by atoms with Crippen molar-refractivity contribution in [2.24, 2.45) is 0 Å². The predicted molar refractivity (Wildman–Crippen MR) is 84.5 cm³/mol. The summed E-state index contributed by atoms with van der Waals surface area (Å²) in [5.74, 6) is -3.59. The molecule has 0 saturated carbocycles. The standard InChI is InChI=1S/C16H12F2N2O6/c17-13-6-1-10(7-14(13)18)19-15(21)8-26-16(22)9-25-12-4-2-11(3-5-12)20(23)24/h1-7H,8-9H2,(H,19,21). The van der Waals surface area contributed by atoms with E-state index >= 15 is 0 Å². The number of rotatable bonds is 7. The van der Waals surface area contributed by atoms with Crippen LogP contribution in [0.5, 0.6) is 5.75 Å². The summed E-state index contributed by atoms with van der Waals surface area (Å²) in [4.78, 5) is 33.0. The number of nitrogens with zero attached hydrogens (tertiary/aromatic N) is 1. The van der Waals surface area contributed by atoms with Gasteiger partial charge in [-0.05, 0) is 24.3 Å². The molecule has 2 rings (SSSR count). The average molecular weight is 366 g/mol. The highest BCUT2D eigenvalue weighted by Gasteiger charge is 2.11. The molecule has 0 radical (unpaired) electrons. The summed E-state index contributed by atoms with van der Waals surface area (Å²) in [6.45, 7) is -1.17. The van der Waals surface area contributed by atoms with Gasteiger partial charge in [0.05, 0.1) is 4.92 Å². The Morgan fingerprint density at radius 2 is 1.73 bits per heavy atom. The van der Waals surface area contributed by atoms with E-state index in [1.807, 2.05) is 0 Å². The number of nitro groups is 1. The molecule has 0 aliphatic carbocycles. The van der Waals surface area contributed by atoms with E-state index in [-0.39, 0.29) is 17.1 Å². The molecule has 0 unspecified atom stereocenters. The minimum Gasteiger partial charge on any atom is -0.482 e. The molecule has 0 fully saturated rings. The van der Waals surface area contributed by atoms with Gasteiger partial charge in [0.15, 0.2) is 24.8 Å². The van der Waals surface area contributed by atoms with E-state index in [1.165, 1.54) is 24.3 Å². The molecule has 136 valence electrons. The van der Waals surface area contributed by atoms with Crippen LogP contribution in [0.15, 0.2) is 42.5 Å². The van der Waals surface area contributed by atoms with Crippen LogP contribution in [0.2, 0.25) is 0 Å². The quantitative estimate of drug-likeness (QED) is 0.458. The fourth-order valence-corrected chi connectivity index (χ4v) is 1.77. The zero-order valence-electron chi connectivity index (χ0n) is 13.1.